The predicted octanol–water partition coefficient (Wildman–Crippen LogP) is -3.75. The Hall–Kier alpha value is -0.520. The van der Waals surface area contributed by atoms with Crippen LogP contribution in [0, 0.1) is 5.92 Å². The fourth-order valence-electron chi connectivity index (χ4n) is 0.888. The van der Waals surface area contributed by atoms with E-state index in [2.05, 4.69) is 9.99 Å². The van der Waals surface area contributed by atoms with Crippen LogP contribution in [0.1, 0.15) is 6.42 Å². The molecular weight excluding hydrogens is 185 g/mol. The minimum absolute atomic E-state index is 0. The molecule has 0 fully saturated rings. The maximum absolute atomic E-state index is 10.2. The molecule has 0 saturated carbocycles. The zero-order valence-electron chi connectivity index (χ0n) is 7.52. The van der Waals surface area contributed by atoms with Gasteiger partial charge in [0.15, 0.2) is 0 Å². The number of ether oxygens (including phenoxy) is 1. The normalized spacial score (nSPS) is 22.2. The summed E-state index contributed by atoms with van der Waals surface area (Å²) in [5.74, 6) is -1.25. The van der Waals surface area contributed by atoms with Crippen LogP contribution in [0.4, 0.5) is 0 Å². The first-order valence-electron chi connectivity index (χ1n) is 3.38. The first kappa shape index (κ1) is 12.5. The summed E-state index contributed by atoms with van der Waals surface area (Å²) < 4.78 is 4.86. The maximum Gasteiger partial charge on any atom is 1.00 e. The molecule has 66 valence electrons. The van der Waals surface area contributed by atoms with E-state index >= 15 is 0 Å². The monoisotopic (exact) mass is 193 g/mol. The number of carboxylic acids is 1. The molecule has 1 rings (SSSR count). The molecule has 13 heavy (non-hydrogen) atoms. The van der Waals surface area contributed by atoms with Gasteiger partial charge in [0.1, 0.15) is 7.11 Å². The van der Waals surface area contributed by atoms with Gasteiger partial charge in [-0.05, 0) is 6.08 Å². The second kappa shape index (κ2) is 6.01. The Labute approximate surface area is 97.7 Å². The smallest absolute Gasteiger partial charge is 0.550 e. The van der Waals surface area contributed by atoms with E-state index in [-0.39, 0.29) is 47.8 Å². The third-order valence-electron chi connectivity index (χ3n) is 1.38. The summed E-state index contributed by atoms with van der Waals surface area (Å²) in [5, 5.41) is 13.7. The van der Waals surface area contributed by atoms with Crippen LogP contribution in [-0.4, -0.2) is 19.0 Å². The van der Waals surface area contributed by atoms with E-state index in [0.717, 1.165) is 0 Å². The van der Waals surface area contributed by atoms with E-state index in [9.17, 15) is 9.90 Å². The Kier molecular flexibility index (Phi) is 5.77. The van der Waals surface area contributed by atoms with Crippen molar-refractivity contribution in [2.45, 2.75) is 6.42 Å². The number of oxime groups is 1. The van der Waals surface area contributed by atoms with Gasteiger partial charge in [0.2, 0.25) is 5.90 Å². The van der Waals surface area contributed by atoms with Gasteiger partial charge in [-0.2, -0.15) is 0 Å². The van der Waals surface area contributed by atoms with Crippen LogP contribution in [0.2, 0.25) is 0 Å². The number of carbonyl (C=O) groups excluding carboxylic acids is 1. The van der Waals surface area contributed by atoms with Gasteiger partial charge in [-0.25, -0.2) is 0 Å². The molecule has 0 bridgehead atoms. The van der Waals surface area contributed by atoms with Gasteiger partial charge in [0.25, 0.3) is 0 Å². The Morgan fingerprint density at radius 3 is 3.08 bits per heavy atom. The number of carboxylic acid groups (broad SMARTS) is 1. The van der Waals surface area contributed by atoms with Crippen molar-refractivity contribution in [1.29, 1.82) is 0 Å². The Morgan fingerprint density at radius 1 is 1.85 bits per heavy atom. The second-order valence-corrected chi connectivity index (χ2v) is 2.24. The van der Waals surface area contributed by atoms with Crippen molar-refractivity contribution in [2.75, 3.05) is 7.11 Å². The number of rotatable bonds is 3. The zero-order chi connectivity index (χ0) is 8.97. The van der Waals surface area contributed by atoms with E-state index in [1.165, 1.54) is 13.4 Å². The van der Waals surface area contributed by atoms with E-state index in [0.29, 0.717) is 0 Å². The molecule has 1 aliphatic rings. The summed E-state index contributed by atoms with van der Waals surface area (Å²) in [6.45, 7) is 0. The van der Waals surface area contributed by atoms with Crippen molar-refractivity contribution in [2.24, 2.45) is 11.1 Å². The second-order valence-electron chi connectivity index (χ2n) is 2.24. The minimum Gasteiger partial charge on any atom is -0.550 e. The van der Waals surface area contributed by atoms with Crippen molar-refractivity contribution >= 4 is 11.9 Å². The van der Waals surface area contributed by atoms with Gasteiger partial charge in [-0.15, -0.1) is 0 Å². The van der Waals surface area contributed by atoms with Crippen LogP contribution >= 0.6 is 0 Å². The predicted molar refractivity (Wildman–Crippen MR) is 37.8 cm³/mol. The third kappa shape index (κ3) is 3.80. The average molecular weight is 193 g/mol. The molecule has 0 amide bonds. The van der Waals surface area contributed by atoms with Crippen LogP contribution < -0.4 is 34.7 Å². The Balaban J connectivity index is 0.00000144. The van der Waals surface area contributed by atoms with Crippen LogP contribution in [0.5, 0.6) is 0 Å². The van der Waals surface area contributed by atoms with Crippen molar-refractivity contribution < 1.29 is 49.0 Å². The van der Waals surface area contributed by atoms with Gasteiger partial charge in [0.05, 0.1) is 12.2 Å². The van der Waals surface area contributed by atoms with Gasteiger partial charge in [-0.3, -0.25) is 0 Å². The Bertz CT molecular complexity index is 239. The number of carbonyl (C=O) groups is 1. The van der Waals surface area contributed by atoms with E-state index < -0.39 is 5.97 Å². The number of hydrogen-bond donors (Lipinski definition) is 0. The maximum atomic E-state index is 10.2. The van der Waals surface area contributed by atoms with Crippen LogP contribution in [0.3, 0.4) is 0 Å². The first-order chi connectivity index (χ1) is 5.74. The largest absolute Gasteiger partial charge is 1.00 e. The molecule has 6 heteroatoms. The molecule has 1 aliphatic heterocycles. The molecule has 0 aromatic carbocycles. The van der Waals surface area contributed by atoms with Gasteiger partial charge < -0.3 is 19.5 Å². The quantitative estimate of drug-likeness (QED) is 0.341. The van der Waals surface area contributed by atoms with E-state index in [4.69, 9.17) is 4.74 Å². The molecule has 0 aliphatic carbocycles. The van der Waals surface area contributed by atoms with Crippen molar-refractivity contribution in [3.05, 3.63) is 12.3 Å². The molecule has 5 nitrogen and oxygen atoms in total. The van der Waals surface area contributed by atoms with Crippen LogP contribution in [0.15, 0.2) is 17.5 Å². The number of nitrogens with zero attached hydrogens (tertiary/aromatic N) is 1. The number of aliphatic carboxylic acids is 1. The van der Waals surface area contributed by atoms with Gasteiger partial charge >= 0.3 is 29.6 Å². The number of hydrogen-bond acceptors (Lipinski definition) is 5. The SMILES string of the molecule is CON=C1OC=CC1CC(=O)[O-].[Na+]. The third-order valence-corrected chi connectivity index (χ3v) is 1.38. The fraction of sp³-hybridized carbons (Fsp3) is 0.429. The van der Waals surface area contributed by atoms with Crippen LogP contribution in [0.25, 0.3) is 0 Å². The fourth-order valence-corrected chi connectivity index (χ4v) is 0.888. The zero-order valence-corrected chi connectivity index (χ0v) is 9.52. The van der Waals surface area contributed by atoms with E-state index in [1.54, 1.807) is 6.08 Å². The average Bonchev–Trinajstić information content (AvgIpc) is 2.37. The topological polar surface area (TPSA) is 71.0 Å². The first-order valence-corrected chi connectivity index (χ1v) is 3.38. The van der Waals surface area contributed by atoms with Crippen molar-refractivity contribution in [1.82, 2.24) is 0 Å². The minimum atomic E-state index is -1.14. The molecule has 1 atom stereocenters. The van der Waals surface area contributed by atoms with Crippen molar-refractivity contribution in [3.8, 4) is 0 Å². The van der Waals surface area contributed by atoms with Crippen molar-refractivity contribution in [3.63, 3.8) is 0 Å². The molecule has 0 aromatic rings. The van der Waals surface area contributed by atoms with E-state index in [1.807, 2.05) is 0 Å². The molecule has 0 radical (unpaired) electrons. The summed E-state index contributed by atoms with van der Waals surface area (Å²) >= 11 is 0. The standard InChI is InChI=1S/C7H9NO4.Na/c1-11-8-7-5(2-3-12-7)4-6(9)10;/h2-3,5H,4H2,1H3,(H,9,10);/q;+1/p-1. The van der Waals surface area contributed by atoms with Gasteiger partial charge in [0, 0.05) is 12.4 Å². The molecule has 0 N–H and O–H groups in total. The molecule has 0 saturated heterocycles. The Morgan fingerprint density at radius 2 is 2.54 bits per heavy atom. The molecular formula is C7H8NNaO4. The summed E-state index contributed by atoms with van der Waals surface area (Å²) in [6, 6.07) is 0. The summed E-state index contributed by atoms with van der Waals surface area (Å²) in [7, 11) is 1.37. The summed E-state index contributed by atoms with van der Waals surface area (Å²) in [5.41, 5.74) is 0. The van der Waals surface area contributed by atoms with Crippen LogP contribution in [-0.2, 0) is 14.4 Å². The molecule has 1 heterocycles. The molecule has 1 unspecified atom stereocenters. The molecule has 0 aromatic heterocycles. The van der Waals surface area contributed by atoms with Gasteiger partial charge in [-0.1, -0.05) is 5.16 Å². The summed E-state index contributed by atoms with van der Waals surface area (Å²) in [4.78, 5) is 14.7. The molecule has 0 spiro atoms. The summed E-state index contributed by atoms with van der Waals surface area (Å²) in [6.07, 6.45) is 2.83.